The molecule has 0 bridgehead atoms. The molecule has 1 saturated carbocycles. The van der Waals surface area contributed by atoms with E-state index < -0.39 is 0 Å². The van der Waals surface area contributed by atoms with Crippen LogP contribution in [-0.2, 0) is 0 Å². The summed E-state index contributed by atoms with van der Waals surface area (Å²) in [6.45, 7) is 20.9. The van der Waals surface area contributed by atoms with Crippen LogP contribution < -0.4 is 0 Å². The molecule has 1 rings (SSSR count). The van der Waals surface area contributed by atoms with Gasteiger partial charge in [-0.05, 0) is 61.2 Å². The summed E-state index contributed by atoms with van der Waals surface area (Å²) >= 11 is 0. The predicted molar refractivity (Wildman–Crippen MR) is 96.4 cm³/mol. The summed E-state index contributed by atoms with van der Waals surface area (Å²) in [5, 5.41) is 0. The highest BCUT2D eigenvalue weighted by atomic mass is 14.4. The van der Waals surface area contributed by atoms with Crippen LogP contribution in [0.5, 0.6) is 0 Å². The van der Waals surface area contributed by atoms with E-state index in [1.54, 1.807) is 0 Å². The van der Waals surface area contributed by atoms with Gasteiger partial charge in [-0.2, -0.15) is 0 Å². The summed E-state index contributed by atoms with van der Waals surface area (Å²) in [6, 6.07) is 0. The first-order valence-corrected chi connectivity index (χ1v) is 9.39. The fourth-order valence-corrected chi connectivity index (χ4v) is 4.23. The smallest absolute Gasteiger partial charge is 0.0204 e. The van der Waals surface area contributed by atoms with Crippen molar-refractivity contribution in [2.75, 3.05) is 0 Å². The van der Waals surface area contributed by atoms with Gasteiger partial charge < -0.3 is 0 Å². The molecular weight excluding hydrogens is 252 g/mol. The maximum atomic E-state index is 4.26. The van der Waals surface area contributed by atoms with Crippen molar-refractivity contribution in [3.05, 3.63) is 12.2 Å². The van der Waals surface area contributed by atoms with Gasteiger partial charge in [-0.1, -0.05) is 73.0 Å². The van der Waals surface area contributed by atoms with Gasteiger partial charge in [0, 0.05) is 0 Å². The lowest BCUT2D eigenvalue weighted by Gasteiger charge is -2.36. The number of hydrogen-bond acceptors (Lipinski definition) is 0. The molecule has 0 saturated heterocycles. The van der Waals surface area contributed by atoms with Crippen molar-refractivity contribution < 1.29 is 0 Å². The molecule has 0 spiro atoms. The Labute approximate surface area is 134 Å². The van der Waals surface area contributed by atoms with E-state index >= 15 is 0 Å². The molecule has 1 fully saturated rings. The van der Waals surface area contributed by atoms with E-state index in [2.05, 4.69) is 55.0 Å². The van der Waals surface area contributed by atoms with E-state index in [0.717, 1.165) is 35.5 Å². The average molecular weight is 293 g/mol. The van der Waals surface area contributed by atoms with Gasteiger partial charge >= 0.3 is 0 Å². The lowest BCUT2D eigenvalue weighted by Crippen LogP contribution is -2.28. The first-order valence-electron chi connectivity index (χ1n) is 9.39. The zero-order chi connectivity index (χ0) is 16.2. The molecule has 5 atom stereocenters. The molecule has 0 aromatic rings. The minimum atomic E-state index is 0.670. The third-order valence-electron chi connectivity index (χ3n) is 5.91. The van der Waals surface area contributed by atoms with Crippen molar-refractivity contribution in [3.8, 4) is 0 Å². The van der Waals surface area contributed by atoms with Crippen molar-refractivity contribution in [1.82, 2.24) is 0 Å². The Morgan fingerprint density at radius 2 is 1.67 bits per heavy atom. The van der Waals surface area contributed by atoms with Crippen LogP contribution in [0, 0.1) is 41.4 Å². The second-order valence-corrected chi connectivity index (χ2v) is 8.75. The molecule has 124 valence electrons. The van der Waals surface area contributed by atoms with Crippen LogP contribution in [0.1, 0.15) is 80.6 Å². The highest BCUT2D eigenvalue weighted by molar-refractivity contribution is 5.00. The second-order valence-electron chi connectivity index (χ2n) is 8.75. The first-order chi connectivity index (χ1) is 9.73. The van der Waals surface area contributed by atoms with Gasteiger partial charge in [0.25, 0.3) is 0 Å². The second kappa shape index (κ2) is 8.39. The fraction of sp³-hybridized carbons (Fsp3) is 0.905. The van der Waals surface area contributed by atoms with E-state index in [0.29, 0.717) is 5.92 Å². The van der Waals surface area contributed by atoms with Crippen molar-refractivity contribution in [1.29, 1.82) is 0 Å². The summed E-state index contributed by atoms with van der Waals surface area (Å²) in [4.78, 5) is 0. The van der Waals surface area contributed by atoms with Gasteiger partial charge in [0.1, 0.15) is 0 Å². The molecule has 1 aliphatic carbocycles. The summed E-state index contributed by atoms with van der Waals surface area (Å²) < 4.78 is 0. The Bertz CT molecular complexity index is 312. The highest BCUT2D eigenvalue weighted by Gasteiger charge is 2.38. The molecule has 5 unspecified atom stereocenters. The van der Waals surface area contributed by atoms with Crippen LogP contribution >= 0.6 is 0 Å². The predicted octanol–water partition coefficient (Wildman–Crippen LogP) is 6.96. The fourth-order valence-electron chi connectivity index (χ4n) is 4.23. The van der Waals surface area contributed by atoms with Crippen molar-refractivity contribution in [2.45, 2.75) is 80.6 Å². The maximum Gasteiger partial charge on any atom is -0.0204 e. The van der Waals surface area contributed by atoms with E-state index in [-0.39, 0.29) is 0 Å². The van der Waals surface area contributed by atoms with Gasteiger partial charge in [0.15, 0.2) is 0 Å². The van der Waals surface area contributed by atoms with Crippen LogP contribution in [0.25, 0.3) is 0 Å². The summed E-state index contributed by atoms with van der Waals surface area (Å²) in [6.07, 6.45) is 7.19. The molecular formula is C21H40. The normalized spacial score (nSPS) is 26.0. The third kappa shape index (κ3) is 6.17. The van der Waals surface area contributed by atoms with Crippen LogP contribution in [0.2, 0.25) is 0 Å². The van der Waals surface area contributed by atoms with E-state index in [1.807, 2.05) is 0 Å². The summed E-state index contributed by atoms with van der Waals surface area (Å²) in [5.41, 5.74) is 1.38. The van der Waals surface area contributed by atoms with Crippen molar-refractivity contribution in [2.24, 2.45) is 41.4 Å². The molecule has 0 N–H and O–H groups in total. The monoisotopic (exact) mass is 292 g/mol. The molecule has 0 nitrogen and oxygen atoms in total. The van der Waals surface area contributed by atoms with Crippen LogP contribution in [-0.4, -0.2) is 0 Å². The van der Waals surface area contributed by atoms with Gasteiger partial charge in [-0.15, -0.1) is 0 Å². The van der Waals surface area contributed by atoms with Gasteiger partial charge in [-0.3, -0.25) is 0 Å². The maximum absolute atomic E-state index is 4.26. The van der Waals surface area contributed by atoms with Gasteiger partial charge in [0.05, 0.1) is 0 Å². The number of rotatable bonds is 10. The van der Waals surface area contributed by atoms with E-state index in [9.17, 15) is 0 Å². The minimum Gasteiger partial charge on any atom is -0.0999 e. The Morgan fingerprint density at radius 3 is 2.05 bits per heavy atom. The number of hydrogen-bond donors (Lipinski definition) is 0. The summed E-state index contributed by atoms with van der Waals surface area (Å²) in [5.74, 6) is 6.03. The first kappa shape index (κ1) is 18.8. The molecule has 21 heavy (non-hydrogen) atoms. The molecule has 0 aromatic heterocycles. The zero-order valence-electron chi connectivity index (χ0n) is 15.8. The minimum absolute atomic E-state index is 0.670. The summed E-state index contributed by atoms with van der Waals surface area (Å²) in [7, 11) is 0. The standard InChI is InChI=1S/C21H40/c1-14(2)10-9-11-19(13-20-12-17(20)7)21(16(5)6)18(8)15(3)4/h14,16-21H,3,9-13H2,1-2,4-8H3. The Balaban J connectivity index is 2.71. The molecule has 0 heteroatoms. The van der Waals surface area contributed by atoms with Crippen LogP contribution in [0.15, 0.2) is 12.2 Å². The van der Waals surface area contributed by atoms with E-state index in [4.69, 9.17) is 0 Å². The molecule has 0 radical (unpaired) electrons. The zero-order valence-corrected chi connectivity index (χ0v) is 15.8. The van der Waals surface area contributed by atoms with Crippen LogP contribution in [0.4, 0.5) is 0 Å². The molecule has 0 aromatic carbocycles. The highest BCUT2D eigenvalue weighted by Crippen LogP contribution is 2.47. The largest absolute Gasteiger partial charge is 0.0999 e. The number of allylic oxidation sites excluding steroid dienone is 1. The Hall–Kier alpha value is -0.260. The topological polar surface area (TPSA) is 0 Å². The average Bonchev–Trinajstić information content (AvgIpc) is 3.03. The van der Waals surface area contributed by atoms with Crippen molar-refractivity contribution >= 4 is 0 Å². The third-order valence-corrected chi connectivity index (χ3v) is 5.91. The van der Waals surface area contributed by atoms with Gasteiger partial charge in [-0.25, -0.2) is 0 Å². The van der Waals surface area contributed by atoms with Crippen molar-refractivity contribution in [3.63, 3.8) is 0 Å². The Kier molecular flexibility index (Phi) is 7.51. The van der Waals surface area contributed by atoms with E-state index in [1.165, 1.54) is 37.7 Å². The quantitative estimate of drug-likeness (QED) is 0.382. The molecule has 1 aliphatic rings. The van der Waals surface area contributed by atoms with Crippen LogP contribution in [0.3, 0.4) is 0 Å². The van der Waals surface area contributed by atoms with Gasteiger partial charge in [0.2, 0.25) is 0 Å². The lowest BCUT2D eigenvalue weighted by atomic mass is 9.69. The Morgan fingerprint density at radius 1 is 1.10 bits per heavy atom. The SMILES string of the molecule is C=C(C)C(C)C(C(C)C)C(CCCC(C)C)CC1CC1C. The molecule has 0 aliphatic heterocycles. The lowest BCUT2D eigenvalue weighted by molar-refractivity contribution is 0.163. The molecule has 0 heterocycles. The molecule has 0 amide bonds.